The smallest absolute Gasteiger partial charge is 0.417 e. The van der Waals surface area contributed by atoms with Crippen LogP contribution in [0.2, 0.25) is 0 Å². The molecule has 0 saturated carbocycles. The normalized spacial score (nSPS) is 20.7. The molecule has 1 aromatic carbocycles. The Morgan fingerprint density at radius 2 is 2.04 bits per heavy atom. The lowest BCUT2D eigenvalue weighted by Gasteiger charge is -2.20. The number of ether oxygens (including phenoxy) is 1. The zero-order chi connectivity index (χ0) is 17.3. The highest BCUT2D eigenvalue weighted by Crippen LogP contribution is 2.21. The zero-order valence-corrected chi connectivity index (χ0v) is 14.1. The summed E-state index contributed by atoms with van der Waals surface area (Å²) in [5.41, 5.74) is 3.63. The van der Waals surface area contributed by atoms with E-state index in [2.05, 4.69) is 32.0 Å². The van der Waals surface area contributed by atoms with Gasteiger partial charge in [-0.05, 0) is 43.4 Å². The molecule has 6 nitrogen and oxygen atoms in total. The summed E-state index contributed by atoms with van der Waals surface area (Å²) in [6.07, 6.45) is 1.17. The summed E-state index contributed by atoms with van der Waals surface area (Å²) >= 11 is 0. The van der Waals surface area contributed by atoms with Gasteiger partial charge in [0.25, 0.3) is 5.91 Å². The van der Waals surface area contributed by atoms with Crippen molar-refractivity contribution in [3.8, 4) is 0 Å². The van der Waals surface area contributed by atoms with Crippen LogP contribution in [-0.2, 0) is 20.7 Å². The van der Waals surface area contributed by atoms with Crippen molar-refractivity contribution in [3.63, 3.8) is 0 Å². The Bertz CT molecular complexity index is 670. The van der Waals surface area contributed by atoms with Crippen LogP contribution in [-0.4, -0.2) is 53.4 Å². The first-order valence-corrected chi connectivity index (χ1v) is 8.28. The largest absolute Gasteiger partial charge is 0.439 e. The molecule has 1 aromatic rings. The number of carbonyl (C=O) groups excluding carboxylic acids is 3. The number of carbonyl (C=O) groups is 3. The molecule has 24 heavy (non-hydrogen) atoms. The molecule has 0 N–H and O–H groups in total. The molecule has 2 saturated heterocycles. The third-order valence-electron chi connectivity index (χ3n) is 4.86. The minimum Gasteiger partial charge on any atom is -0.439 e. The van der Waals surface area contributed by atoms with E-state index >= 15 is 0 Å². The van der Waals surface area contributed by atoms with Crippen molar-refractivity contribution in [2.24, 2.45) is 0 Å². The molecule has 0 radical (unpaired) electrons. The van der Waals surface area contributed by atoms with Crippen molar-refractivity contribution in [2.75, 3.05) is 19.7 Å². The second-order valence-corrected chi connectivity index (χ2v) is 6.52. The molecule has 2 heterocycles. The number of hydrogen-bond donors (Lipinski definition) is 0. The van der Waals surface area contributed by atoms with Crippen molar-refractivity contribution in [1.82, 2.24) is 9.80 Å². The lowest BCUT2D eigenvalue weighted by Crippen LogP contribution is -2.42. The summed E-state index contributed by atoms with van der Waals surface area (Å²) in [4.78, 5) is 38.6. The fourth-order valence-electron chi connectivity index (χ4n) is 3.26. The quantitative estimate of drug-likeness (QED) is 0.844. The van der Waals surface area contributed by atoms with Crippen molar-refractivity contribution in [1.29, 1.82) is 0 Å². The van der Waals surface area contributed by atoms with Crippen molar-refractivity contribution < 1.29 is 19.1 Å². The molecule has 2 aliphatic heterocycles. The molecule has 128 valence electrons. The van der Waals surface area contributed by atoms with E-state index in [0.717, 1.165) is 10.5 Å². The minimum atomic E-state index is -0.588. The van der Waals surface area contributed by atoms with Crippen LogP contribution in [0.3, 0.4) is 0 Å². The Kier molecular flexibility index (Phi) is 4.55. The first-order valence-electron chi connectivity index (χ1n) is 8.28. The van der Waals surface area contributed by atoms with Gasteiger partial charge in [-0.3, -0.25) is 9.59 Å². The summed E-state index contributed by atoms with van der Waals surface area (Å²) in [7, 11) is 0. The highest BCUT2D eigenvalue weighted by atomic mass is 16.6. The Hall–Kier alpha value is -2.37. The van der Waals surface area contributed by atoms with E-state index in [0.29, 0.717) is 32.4 Å². The topological polar surface area (TPSA) is 66.9 Å². The van der Waals surface area contributed by atoms with Crippen LogP contribution in [0.1, 0.15) is 29.5 Å². The van der Waals surface area contributed by atoms with Gasteiger partial charge in [0, 0.05) is 19.5 Å². The van der Waals surface area contributed by atoms with Gasteiger partial charge in [0.05, 0.1) is 6.04 Å². The van der Waals surface area contributed by atoms with Gasteiger partial charge >= 0.3 is 6.09 Å². The van der Waals surface area contributed by atoms with E-state index in [-0.39, 0.29) is 24.5 Å². The van der Waals surface area contributed by atoms with Crippen LogP contribution in [0.25, 0.3) is 0 Å². The molecule has 6 heteroatoms. The average molecular weight is 330 g/mol. The number of benzene rings is 1. The Morgan fingerprint density at radius 3 is 2.71 bits per heavy atom. The van der Waals surface area contributed by atoms with Gasteiger partial charge < -0.3 is 9.64 Å². The van der Waals surface area contributed by atoms with Crippen LogP contribution < -0.4 is 0 Å². The maximum Gasteiger partial charge on any atom is 0.417 e. The van der Waals surface area contributed by atoms with Crippen LogP contribution in [0.5, 0.6) is 0 Å². The van der Waals surface area contributed by atoms with Crippen LogP contribution in [0, 0.1) is 13.8 Å². The molecule has 0 aromatic heterocycles. The fraction of sp³-hybridized carbons (Fsp3) is 0.500. The summed E-state index contributed by atoms with van der Waals surface area (Å²) in [5.74, 6) is -0.245. The number of imide groups is 1. The molecule has 0 spiro atoms. The second-order valence-electron chi connectivity index (χ2n) is 6.52. The Morgan fingerprint density at radius 1 is 1.25 bits per heavy atom. The summed E-state index contributed by atoms with van der Waals surface area (Å²) in [6.45, 7) is 4.94. The predicted octanol–water partition coefficient (Wildman–Crippen LogP) is 1.82. The van der Waals surface area contributed by atoms with Crippen LogP contribution in [0.4, 0.5) is 4.79 Å². The van der Waals surface area contributed by atoms with Gasteiger partial charge in [-0.2, -0.15) is 0 Å². The fourth-order valence-corrected chi connectivity index (χ4v) is 3.26. The number of nitrogens with zero attached hydrogens (tertiary/aromatic N) is 2. The van der Waals surface area contributed by atoms with E-state index in [1.165, 1.54) is 11.1 Å². The van der Waals surface area contributed by atoms with Gasteiger partial charge in [-0.25, -0.2) is 9.69 Å². The highest BCUT2D eigenvalue weighted by molar-refractivity contribution is 5.98. The van der Waals surface area contributed by atoms with E-state index in [4.69, 9.17) is 4.74 Å². The maximum absolute atomic E-state index is 12.4. The first kappa shape index (κ1) is 16.5. The molecule has 1 atom stereocenters. The Labute approximate surface area is 141 Å². The van der Waals surface area contributed by atoms with Gasteiger partial charge in [0.2, 0.25) is 5.91 Å². The van der Waals surface area contributed by atoms with Crippen molar-refractivity contribution in [3.05, 3.63) is 34.9 Å². The number of likely N-dealkylation sites (tertiary alicyclic amines) is 1. The third kappa shape index (κ3) is 3.27. The molecule has 2 aliphatic rings. The predicted molar refractivity (Wildman–Crippen MR) is 87.4 cm³/mol. The standard InChI is InChI=1S/C18H22N2O4/c1-12-3-4-14(9-13(12)2)5-6-16(21)19-8-7-15(10-19)20-17(22)11-24-18(20)23/h3-4,9,15H,5-8,10-11H2,1-2H3. The Balaban J connectivity index is 1.54. The lowest BCUT2D eigenvalue weighted by molar-refractivity contribution is -0.131. The molecular formula is C18H22N2O4. The number of aryl methyl sites for hydroxylation is 3. The van der Waals surface area contributed by atoms with E-state index in [1.807, 2.05) is 0 Å². The monoisotopic (exact) mass is 330 g/mol. The second kappa shape index (κ2) is 6.63. The molecule has 1 unspecified atom stereocenters. The molecular weight excluding hydrogens is 308 g/mol. The summed E-state index contributed by atoms with van der Waals surface area (Å²) < 4.78 is 4.75. The summed E-state index contributed by atoms with van der Waals surface area (Å²) in [6, 6.07) is 6.00. The molecule has 3 amide bonds. The minimum absolute atomic E-state index is 0.0655. The van der Waals surface area contributed by atoms with Crippen LogP contribution >= 0.6 is 0 Å². The summed E-state index contributed by atoms with van der Waals surface area (Å²) in [5, 5.41) is 0. The molecule has 3 rings (SSSR count). The number of amides is 3. The lowest BCUT2D eigenvalue weighted by atomic mass is 10.0. The van der Waals surface area contributed by atoms with Crippen molar-refractivity contribution >= 4 is 17.9 Å². The van der Waals surface area contributed by atoms with Gasteiger partial charge in [0.1, 0.15) is 0 Å². The van der Waals surface area contributed by atoms with Crippen molar-refractivity contribution in [2.45, 2.75) is 39.2 Å². The van der Waals surface area contributed by atoms with Crippen LogP contribution in [0.15, 0.2) is 18.2 Å². The van der Waals surface area contributed by atoms with E-state index < -0.39 is 6.09 Å². The number of rotatable bonds is 4. The molecule has 0 aliphatic carbocycles. The van der Waals surface area contributed by atoms with E-state index in [1.54, 1.807) is 4.90 Å². The number of hydrogen-bond acceptors (Lipinski definition) is 4. The van der Waals surface area contributed by atoms with E-state index in [9.17, 15) is 14.4 Å². The average Bonchev–Trinajstić information content (AvgIpc) is 3.15. The highest BCUT2D eigenvalue weighted by Gasteiger charge is 2.41. The van der Waals surface area contributed by atoms with Gasteiger partial charge in [0.15, 0.2) is 6.61 Å². The maximum atomic E-state index is 12.4. The molecule has 0 bridgehead atoms. The zero-order valence-electron chi connectivity index (χ0n) is 14.1. The SMILES string of the molecule is Cc1ccc(CCC(=O)N2CCC(N3C(=O)COC3=O)C2)cc1C. The first-order chi connectivity index (χ1) is 11.5. The molecule has 2 fully saturated rings. The third-order valence-corrected chi connectivity index (χ3v) is 4.86. The van der Waals surface area contributed by atoms with Gasteiger partial charge in [-0.15, -0.1) is 0 Å². The number of cyclic esters (lactones) is 1. The van der Waals surface area contributed by atoms with Gasteiger partial charge in [-0.1, -0.05) is 18.2 Å².